The van der Waals surface area contributed by atoms with Gasteiger partial charge in [0, 0.05) is 22.9 Å². The number of furan rings is 1. The molecular weight excluding hydrogens is 230 g/mol. The topological polar surface area (TPSA) is 40.1 Å². The lowest BCUT2D eigenvalue weighted by Gasteiger charge is -2.01. The molecule has 0 amide bonds. The summed E-state index contributed by atoms with van der Waals surface area (Å²) in [6, 6.07) is 9.14. The molecule has 0 saturated carbocycles. The zero-order chi connectivity index (χ0) is 10.5. The molecular formula is C10H9NO2S2. The molecule has 0 unspecified atom stereocenters. The van der Waals surface area contributed by atoms with Crippen molar-refractivity contribution in [1.82, 2.24) is 0 Å². The Morgan fingerprint density at radius 1 is 1.27 bits per heavy atom. The number of nitrogens with zero attached hydrogens (tertiary/aromatic N) is 1. The number of hydrogen-bond donors (Lipinski definition) is 0. The number of pyridine rings is 1. The first kappa shape index (κ1) is 10.4. The second-order valence-corrected chi connectivity index (χ2v) is 5.11. The van der Waals surface area contributed by atoms with Crippen molar-refractivity contribution in [3.8, 4) is 0 Å². The van der Waals surface area contributed by atoms with Crippen LogP contribution in [-0.4, -0.2) is 0 Å². The molecule has 2 heterocycles. The molecule has 0 fully saturated rings. The van der Waals surface area contributed by atoms with Gasteiger partial charge in [0.2, 0.25) is 0 Å². The molecule has 2 aromatic heterocycles. The SMILES string of the molecule is [O-][n+]1ccccc1SSCc1ccco1. The monoisotopic (exact) mass is 239 g/mol. The van der Waals surface area contributed by atoms with Crippen LogP contribution in [0.1, 0.15) is 5.76 Å². The fourth-order valence-electron chi connectivity index (χ4n) is 1.02. The lowest BCUT2D eigenvalue weighted by Crippen LogP contribution is -2.27. The van der Waals surface area contributed by atoms with Crippen LogP contribution in [0.5, 0.6) is 0 Å². The summed E-state index contributed by atoms with van der Waals surface area (Å²) in [5.74, 6) is 1.67. The average molecular weight is 239 g/mol. The predicted molar refractivity (Wildman–Crippen MR) is 61.3 cm³/mol. The van der Waals surface area contributed by atoms with Crippen molar-refractivity contribution in [2.24, 2.45) is 0 Å². The van der Waals surface area contributed by atoms with Crippen molar-refractivity contribution in [1.29, 1.82) is 0 Å². The Bertz CT molecular complexity index is 417. The molecule has 0 atom stereocenters. The summed E-state index contributed by atoms with van der Waals surface area (Å²) in [6.45, 7) is 0. The van der Waals surface area contributed by atoms with Gasteiger partial charge in [-0.3, -0.25) is 0 Å². The van der Waals surface area contributed by atoms with Gasteiger partial charge in [-0.2, -0.15) is 4.73 Å². The van der Waals surface area contributed by atoms with Crippen molar-refractivity contribution in [3.63, 3.8) is 0 Å². The third-order valence-electron chi connectivity index (χ3n) is 1.71. The molecule has 3 nitrogen and oxygen atoms in total. The van der Waals surface area contributed by atoms with Gasteiger partial charge < -0.3 is 9.62 Å². The van der Waals surface area contributed by atoms with E-state index in [4.69, 9.17) is 4.42 Å². The van der Waals surface area contributed by atoms with Gasteiger partial charge >= 0.3 is 0 Å². The van der Waals surface area contributed by atoms with Crippen LogP contribution in [0.25, 0.3) is 0 Å². The highest BCUT2D eigenvalue weighted by atomic mass is 33.1. The van der Waals surface area contributed by atoms with Crippen LogP contribution in [0.3, 0.4) is 0 Å². The van der Waals surface area contributed by atoms with E-state index >= 15 is 0 Å². The van der Waals surface area contributed by atoms with Gasteiger partial charge in [-0.1, -0.05) is 10.8 Å². The third-order valence-corrected chi connectivity index (χ3v) is 3.94. The standard InChI is InChI=1S/C10H9NO2S2/c12-11-6-2-1-5-10(11)15-14-8-9-4-3-7-13-9/h1-7H,8H2. The van der Waals surface area contributed by atoms with Gasteiger partial charge in [-0.15, -0.1) is 0 Å². The van der Waals surface area contributed by atoms with E-state index in [1.165, 1.54) is 17.0 Å². The van der Waals surface area contributed by atoms with E-state index in [9.17, 15) is 5.21 Å². The summed E-state index contributed by atoms with van der Waals surface area (Å²) in [5, 5.41) is 12.0. The summed E-state index contributed by atoms with van der Waals surface area (Å²) in [5.41, 5.74) is 0. The van der Waals surface area contributed by atoms with E-state index in [-0.39, 0.29) is 0 Å². The Kier molecular flexibility index (Phi) is 3.58. The van der Waals surface area contributed by atoms with Crippen LogP contribution >= 0.6 is 21.6 Å². The lowest BCUT2D eigenvalue weighted by molar-refractivity contribution is -0.645. The van der Waals surface area contributed by atoms with Crippen LogP contribution in [-0.2, 0) is 5.75 Å². The quantitative estimate of drug-likeness (QED) is 0.467. The molecule has 2 aromatic rings. The largest absolute Gasteiger partial charge is 0.618 e. The molecule has 0 aromatic carbocycles. The van der Waals surface area contributed by atoms with Gasteiger partial charge in [-0.05, 0) is 18.2 Å². The Balaban J connectivity index is 1.86. The van der Waals surface area contributed by atoms with Gasteiger partial charge in [-0.25, -0.2) is 0 Å². The summed E-state index contributed by atoms with van der Waals surface area (Å²) in [6.07, 6.45) is 3.15. The zero-order valence-corrected chi connectivity index (χ0v) is 9.46. The number of rotatable bonds is 4. The molecule has 0 aliphatic heterocycles. The van der Waals surface area contributed by atoms with Crippen molar-refractivity contribution >= 4 is 21.6 Å². The lowest BCUT2D eigenvalue weighted by atomic mass is 10.5. The summed E-state index contributed by atoms with van der Waals surface area (Å²) < 4.78 is 6.04. The maximum Gasteiger partial charge on any atom is 0.261 e. The Morgan fingerprint density at radius 2 is 2.20 bits per heavy atom. The highest BCUT2D eigenvalue weighted by molar-refractivity contribution is 8.76. The highest BCUT2D eigenvalue weighted by Crippen LogP contribution is 2.31. The highest BCUT2D eigenvalue weighted by Gasteiger charge is 2.05. The molecule has 0 saturated heterocycles. The fourth-order valence-corrected chi connectivity index (χ4v) is 3.02. The van der Waals surface area contributed by atoms with E-state index in [0.717, 1.165) is 16.2 Å². The summed E-state index contributed by atoms with van der Waals surface area (Å²) >= 11 is 0. The van der Waals surface area contributed by atoms with E-state index < -0.39 is 0 Å². The molecule has 5 heteroatoms. The first-order valence-electron chi connectivity index (χ1n) is 4.36. The molecule has 0 spiro atoms. The first-order chi connectivity index (χ1) is 7.36. The number of hydrogen-bond acceptors (Lipinski definition) is 4. The van der Waals surface area contributed by atoms with Gasteiger partial charge in [0.15, 0.2) is 6.20 Å². The van der Waals surface area contributed by atoms with Gasteiger partial charge in [0.1, 0.15) is 5.76 Å². The minimum Gasteiger partial charge on any atom is -0.618 e. The Hall–Kier alpha value is -1.07. The normalized spacial score (nSPS) is 10.4. The van der Waals surface area contributed by atoms with Crippen LogP contribution in [0.15, 0.2) is 52.2 Å². The molecule has 15 heavy (non-hydrogen) atoms. The Morgan fingerprint density at radius 3 is 2.93 bits per heavy atom. The van der Waals surface area contributed by atoms with E-state index in [1.807, 2.05) is 18.2 Å². The van der Waals surface area contributed by atoms with Crippen molar-refractivity contribution in [3.05, 3.63) is 53.8 Å². The molecule has 0 aliphatic carbocycles. The van der Waals surface area contributed by atoms with E-state index in [1.54, 1.807) is 29.2 Å². The van der Waals surface area contributed by atoms with Crippen molar-refractivity contribution in [2.75, 3.05) is 0 Å². The Labute approximate surface area is 95.5 Å². The maximum atomic E-state index is 11.3. The van der Waals surface area contributed by atoms with Crippen LogP contribution < -0.4 is 4.73 Å². The van der Waals surface area contributed by atoms with Crippen molar-refractivity contribution in [2.45, 2.75) is 10.8 Å². The average Bonchev–Trinajstić information content (AvgIpc) is 2.74. The molecule has 0 aliphatic rings. The second kappa shape index (κ2) is 5.14. The summed E-state index contributed by atoms with van der Waals surface area (Å²) in [7, 11) is 3.03. The smallest absolute Gasteiger partial charge is 0.261 e. The summed E-state index contributed by atoms with van der Waals surface area (Å²) in [4.78, 5) is 0. The molecule has 0 radical (unpaired) electrons. The fraction of sp³-hybridized carbons (Fsp3) is 0.100. The van der Waals surface area contributed by atoms with Crippen LogP contribution in [0.4, 0.5) is 0 Å². The predicted octanol–water partition coefficient (Wildman–Crippen LogP) is 2.85. The van der Waals surface area contributed by atoms with Crippen LogP contribution in [0, 0.1) is 5.21 Å². The van der Waals surface area contributed by atoms with Gasteiger partial charge in [0.25, 0.3) is 5.03 Å². The first-order valence-corrected chi connectivity index (χ1v) is 6.68. The second-order valence-electron chi connectivity index (χ2n) is 2.79. The minimum absolute atomic E-state index is 0.689. The third kappa shape index (κ3) is 2.94. The maximum absolute atomic E-state index is 11.3. The molecule has 0 bridgehead atoms. The minimum atomic E-state index is 0.689. The van der Waals surface area contributed by atoms with Crippen molar-refractivity contribution < 1.29 is 9.15 Å². The van der Waals surface area contributed by atoms with E-state index in [2.05, 4.69) is 0 Å². The van der Waals surface area contributed by atoms with Crippen LogP contribution in [0.2, 0.25) is 0 Å². The van der Waals surface area contributed by atoms with E-state index in [0.29, 0.717) is 5.03 Å². The zero-order valence-electron chi connectivity index (χ0n) is 7.83. The molecule has 2 rings (SSSR count). The molecule has 0 N–H and O–H groups in total. The molecule has 78 valence electrons. The number of aromatic nitrogens is 1. The van der Waals surface area contributed by atoms with Gasteiger partial charge in [0.05, 0.1) is 12.0 Å².